The number of aliphatic carboxylic acids is 1. The van der Waals surface area contributed by atoms with Gasteiger partial charge in [-0.2, -0.15) is 5.21 Å². The second-order valence-corrected chi connectivity index (χ2v) is 11.1. The number of aromatic amines is 1. The first-order chi connectivity index (χ1) is 22.9. The molecule has 3 aromatic carbocycles. The van der Waals surface area contributed by atoms with Crippen LogP contribution in [-0.2, 0) is 25.6 Å². The molecule has 0 saturated carbocycles. The van der Waals surface area contributed by atoms with Crippen molar-refractivity contribution >= 4 is 40.2 Å². The van der Waals surface area contributed by atoms with Crippen molar-refractivity contribution in [1.82, 2.24) is 36.6 Å². The number of nitrogens with one attached hydrogen (secondary N) is 4. The summed E-state index contributed by atoms with van der Waals surface area (Å²) in [5, 5.41) is 32.0. The number of hydrogen-bond acceptors (Lipinski definition) is 9. The van der Waals surface area contributed by atoms with Gasteiger partial charge in [-0.3, -0.25) is 24.0 Å². The fourth-order valence-corrected chi connectivity index (χ4v) is 4.82. The van der Waals surface area contributed by atoms with Crippen molar-refractivity contribution in [3.05, 3.63) is 83.7 Å². The van der Waals surface area contributed by atoms with Gasteiger partial charge in [0, 0.05) is 12.0 Å². The first-order valence-corrected chi connectivity index (χ1v) is 14.9. The molecule has 0 bridgehead atoms. The van der Waals surface area contributed by atoms with E-state index in [4.69, 9.17) is 4.74 Å². The number of halogens is 2. The molecule has 4 aromatic rings. The zero-order valence-corrected chi connectivity index (χ0v) is 25.9. The van der Waals surface area contributed by atoms with Crippen molar-refractivity contribution in [2.45, 2.75) is 51.2 Å². The Morgan fingerprint density at radius 2 is 1.56 bits per heavy atom. The van der Waals surface area contributed by atoms with E-state index in [9.17, 15) is 37.9 Å². The number of ketones is 1. The van der Waals surface area contributed by atoms with Gasteiger partial charge in [0.25, 0.3) is 5.91 Å². The van der Waals surface area contributed by atoms with Gasteiger partial charge in [-0.25, -0.2) is 8.78 Å². The molecule has 1 heterocycles. The third kappa shape index (κ3) is 9.14. The van der Waals surface area contributed by atoms with Crippen LogP contribution in [0.5, 0.6) is 5.75 Å². The van der Waals surface area contributed by atoms with Crippen LogP contribution in [0.4, 0.5) is 8.78 Å². The number of aryl methyl sites for hydroxylation is 1. The number of ether oxygens (including phenoxy) is 1. The summed E-state index contributed by atoms with van der Waals surface area (Å²) in [6.45, 7) is 2.25. The van der Waals surface area contributed by atoms with Crippen LogP contribution in [0.1, 0.15) is 42.9 Å². The summed E-state index contributed by atoms with van der Waals surface area (Å²) in [5.41, 5.74) is 0.316. The maximum atomic E-state index is 14.0. The van der Waals surface area contributed by atoms with E-state index in [0.29, 0.717) is 10.9 Å². The quantitative estimate of drug-likeness (QED) is 0.118. The van der Waals surface area contributed by atoms with Crippen LogP contribution in [0, 0.1) is 17.6 Å². The number of rotatable bonds is 16. The van der Waals surface area contributed by atoms with Crippen LogP contribution in [0.2, 0.25) is 0 Å². The van der Waals surface area contributed by atoms with Crippen molar-refractivity contribution in [3.63, 3.8) is 0 Å². The molecule has 48 heavy (non-hydrogen) atoms. The molecular weight excluding hydrogens is 632 g/mol. The van der Waals surface area contributed by atoms with Crippen molar-refractivity contribution in [2.75, 3.05) is 6.61 Å². The third-order valence-electron chi connectivity index (χ3n) is 7.31. The van der Waals surface area contributed by atoms with Gasteiger partial charge in [-0.15, -0.1) is 10.2 Å². The van der Waals surface area contributed by atoms with Crippen molar-refractivity contribution in [3.8, 4) is 5.75 Å². The second kappa shape index (κ2) is 16.2. The first kappa shape index (κ1) is 35.1. The summed E-state index contributed by atoms with van der Waals surface area (Å²) >= 11 is 0. The molecule has 0 spiro atoms. The molecule has 3 atom stereocenters. The number of H-pyrrole nitrogens is 1. The highest BCUT2D eigenvalue weighted by molar-refractivity contribution is 6.08. The third-order valence-corrected chi connectivity index (χ3v) is 7.31. The largest absolute Gasteiger partial charge is 0.481 e. The number of fused-ring (bicyclic) bond motifs is 1. The number of hydrogen-bond donors (Lipinski definition) is 5. The van der Waals surface area contributed by atoms with Crippen LogP contribution < -0.4 is 20.7 Å². The van der Waals surface area contributed by atoms with E-state index in [1.165, 1.54) is 0 Å². The Balaban J connectivity index is 1.50. The lowest BCUT2D eigenvalue weighted by atomic mass is 10.00. The maximum absolute atomic E-state index is 14.0. The number of carboxylic acids is 1. The normalized spacial score (nSPS) is 12.9. The number of carbonyl (C=O) groups excluding carboxylic acids is 4. The molecular formula is C32H33F2N7O7. The van der Waals surface area contributed by atoms with Crippen molar-refractivity contribution in [1.29, 1.82) is 0 Å². The van der Waals surface area contributed by atoms with Crippen LogP contribution in [-0.4, -0.2) is 79.9 Å². The molecule has 0 aliphatic heterocycles. The lowest BCUT2D eigenvalue weighted by Gasteiger charge is -2.27. The molecule has 16 heteroatoms. The number of nitrogens with zero attached hydrogens (tertiary/aromatic N) is 3. The summed E-state index contributed by atoms with van der Waals surface area (Å²) in [4.78, 5) is 64.9. The summed E-state index contributed by atoms with van der Waals surface area (Å²) in [6.07, 6.45) is -0.736. The molecule has 14 nitrogen and oxygen atoms in total. The van der Waals surface area contributed by atoms with Crippen LogP contribution in [0.15, 0.2) is 60.7 Å². The van der Waals surface area contributed by atoms with Gasteiger partial charge in [-0.05, 0) is 41.3 Å². The van der Waals surface area contributed by atoms with E-state index in [2.05, 4.69) is 36.6 Å². The van der Waals surface area contributed by atoms with Gasteiger partial charge < -0.3 is 25.8 Å². The van der Waals surface area contributed by atoms with Crippen molar-refractivity contribution < 1.29 is 42.6 Å². The number of carboxylic acid groups (broad SMARTS) is 1. The van der Waals surface area contributed by atoms with E-state index in [-0.39, 0.29) is 18.7 Å². The highest BCUT2D eigenvalue weighted by atomic mass is 19.1. The molecule has 0 fully saturated rings. The van der Waals surface area contributed by atoms with Crippen LogP contribution >= 0.6 is 0 Å². The molecule has 5 N–H and O–H groups in total. The standard InChI is InChI=1S/C32H33F2N7O7/c1-17(2)28(32(47)36-24(15-27(43)44)25(42)16-48-29-21(33)11-6-12-22(29)34)37-31(46)23(13-14-26-38-40-41-39-26)35-30(45)20-10-5-8-18-7-3-4-9-19(18)20/h3-12,17,23-24,28H,13-16H2,1-2H3,(H,35,45)(H,36,47)(H,37,46)(H,43,44)(H,38,39,40,41)/t23-,24-,28-/m0/s1. The number of aromatic nitrogens is 4. The Hall–Kier alpha value is -5.80. The van der Waals surface area contributed by atoms with E-state index in [1.54, 1.807) is 38.1 Å². The van der Waals surface area contributed by atoms with Gasteiger partial charge in [-0.1, -0.05) is 61.5 Å². The zero-order chi connectivity index (χ0) is 34.8. The number of benzene rings is 3. The lowest BCUT2D eigenvalue weighted by Crippen LogP contribution is -2.58. The van der Waals surface area contributed by atoms with E-state index in [0.717, 1.165) is 23.6 Å². The monoisotopic (exact) mass is 665 g/mol. The van der Waals surface area contributed by atoms with Gasteiger partial charge in [0.05, 0.1) is 6.42 Å². The Bertz CT molecular complexity index is 1760. The average Bonchev–Trinajstić information content (AvgIpc) is 3.57. The Morgan fingerprint density at radius 1 is 0.875 bits per heavy atom. The molecule has 3 amide bonds. The number of amides is 3. The van der Waals surface area contributed by atoms with Crippen molar-refractivity contribution in [2.24, 2.45) is 5.92 Å². The molecule has 0 aliphatic rings. The van der Waals surface area contributed by atoms with Gasteiger partial charge >= 0.3 is 5.97 Å². The fraction of sp³-hybridized carbons (Fsp3) is 0.312. The predicted molar refractivity (Wildman–Crippen MR) is 166 cm³/mol. The van der Waals surface area contributed by atoms with E-state index >= 15 is 0 Å². The maximum Gasteiger partial charge on any atom is 0.305 e. The lowest BCUT2D eigenvalue weighted by molar-refractivity contribution is -0.141. The molecule has 0 unspecified atom stereocenters. The van der Waals surface area contributed by atoms with Gasteiger partial charge in [0.15, 0.2) is 29.0 Å². The smallest absolute Gasteiger partial charge is 0.305 e. The van der Waals surface area contributed by atoms with E-state index in [1.807, 2.05) is 18.2 Å². The Morgan fingerprint density at radius 3 is 2.23 bits per heavy atom. The molecule has 4 rings (SSSR count). The highest BCUT2D eigenvalue weighted by Gasteiger charge is 2.33. The fourth-order valence-electron chi connectivity index (χ4n) is 4.82. The summed E-state index contributed by atoms with van der Waals surface area (Å²) in [7, 11) is 0. The molecule has 0 radical (unpaired) electrons. The number of tetrazole rings is 1. The van der Waals surface area contributed by atoms with E-state index < -0.39 is 83.9 Å². The SMILES string of the molecule is CC(C)[C@H](NC(=O)[C@H](CCc1nn[nH]n1)NC(=O)c1cccc2ccccc12)C(=O)N[C@@H](CC(=O)O)C(=O)COc1c(F)cccc1F. The topological polar surface area (TPSA) is 205 Å². The van der Waals surface area contributed by atoms with Gasteiger partial charge in [0.2, 0.25) is 11.8 Å². The molecule has 0 aliphatic carbocycles. The minimum atomic E-state index is -1.66. The number of Topliss-reactive ketones (excluding diaryl/α,β-unsaturated/α-hetero) is 1. The summed E-state index contributed by atoms with van der Waals surface area (Å²) in [6, 6.07) is 11.1. The molecule has 0 saturated heterocycles. The summed E-state index contributed by atoms with van der Waals surface area (Å²) in [5.74, 6) is -7.94. The summed E-state index contributed by atoms with van der Waals surface area (Å²) < 4.78 is 32.9. The molecule has 252 valence electrons. The van der Waals surface area contributed by atoms with Crippen LogP contribution in [0.3, 0.4) is 0 Å². The number of carbonyl (C=O) groups is 5. The van der Waals surface area contributed by atoms with Gasteiger partial charge in [0.1, 0.15) is 24.7 Å². The number of para-hydroxylation sites is 1. The van der Waals surface area contributed by atoms with Crippen LogP contribution in [0.25, 0.3) is 10.8 Å². The average molecular weight is 666 g/mol. The Kier molecular flexibility index (Phi) is 11.8. The minimum absolute atomic E-state index is 0.0123. The second-order valence-electron chi connectivity index (χ2n) is 11.1. The minimum Gasteiger partial charge on any atom is -0.481 e. The Labute approximate surface area is 272 Å². The predicted octanol–water partition coefficient (Wildman–Crippen LogP) is 2.11. The highest BCUT2D eigenvalue weighted by Crippen LogP contribution is 2.21. The molecule has 1 aromatic heterocycles. The zero-order valence-electron chi connectivity index (χ0n) is 25.9. The first-order valence-electron chi connectivity index (χ1n) is 14.9.